The van der Waals surface area contributed by atoms with E-state index >= 15 is 0 Å². The van der Waals surface area contributed by atoms with Gasteiger partial charge in [0, 0.05) is 13.2 Å². The molecule has 1 aliphatic carbocycles. The minimum Gasteiger partial charge on any atom is -0.462 e. The fraction of sp³-hybridized carbons (Fsp3) is 0.692. The van der Waals surface area contributed by atoms with E-state index in [1.54, 1.807) is 0 Å². The van der Waals surface area contributed by atoms with Crippen molar-refractivity contribution in [1.29, 1.82) is 0 Å². The van der Waals surface area contributed by atoms with Gasteiger partial charge in [-0.05, 0) is 12.8 Å². The quantitative estimate of drug-likeness (QED) is 0.377. The molecule has 124 valence electrons. The number of carbonyl (C=O) groups excluding carboxylic acids is 2. The Morgan fingerprint density at radius 2 is 2.09 bits per heavy atom. The molecule has 9 heteroatoms. The number of esters is 2. The normalized spacial score (nSPS) is 32.2. The molecule has 0 radical (unpaired) electrons. The number of carbonyl (C=O) groups is 2. The molecule has 1 saturated heterocycles. The van der Waals surface area contributed by atoms with Gasteiger partial charge in [0.1, 0.15) is 12.7 Å². The van der Waals surface area contributed by atoms with Crippen molar-refractivity contribution in [3.05, 3.63) is 12.7 Å². The molecule has 0 amide bonds. The zero-order valence-corrected chi connectivity index (χ0v) is 12.9. The summed E-state index contributed by atoms with van der Waals surface area (Å²) in [6.07, 6.45) is -0.708. The largest absolute Gasteiger partial charge is 0.462 e. The highest BCUT2D eigenvalue weighted by atomic mass is 32.2. The van der Waals surface area contributed by atoms with Crippen molar-refractivity contribution in [2.75, 3.05) is 13.7 Å². The van der Waals surface area contributed by atoms with Crippen LogP contribution in [0.1, 0.15) is 19.3 Å². The number of fused-ring (bicyclic) bond motifs is 2. The number of rotatable bonds is 6. The summed E-state index contributed by atoms with van der Waals surface area (Å²) in [5.74, 6) is -1.25. The summed E-state index contributed by atoms with van der Waals surface area (Å²) in [5.41, 5.74) is 0. The monoisotopic (exact) mass is 334 g/mol. The van der Waals surface area contributed by atoms with E-state index in [1.807, 2.05) is 0 Å². The average Bonchev–Trinajstić information content (AvgIpc) is 2.72. The second-order valence-electron chi connectivity index (χ2n) is 5.07. The molecule has 2 rings (SSSR count). The smallest absolute Gasteiger partial charge is 0.330 e. The van der Waals surface area contributed by atoms with Crippen LogP contribution in [-0.2, 0) is 38.1 Å². The van der Waals surface area contributed by atoms with Gasteiger partial charge in [0.15, 0.2) is 6.10 Å². The Morgan fingerprint density at radius 1 is 1.36 bits per heavy atom. The van der Waals surface area contributed by atoms with Crippen LogP contribution in [0.4, 0.5) is 0 Å². The van der Waals surface area contributed by atoms with Crippen LogP contribution in [0.25, 0.3) is 0 Å². The second kappa shape index (κ2) is 6.76. The Kier molecular flexibility index (Phi) is 5.20. The summed E-state index contributed by atoms with van der Waals surface area (Å²) in [6.45, 7) is 3.09. The molecular formula is C13H18O8S. The van der Waals surface area contributed by atoms with Gasteiger partial charge in [0.25, 0.3) is 10.1 Å². The van der Waals surface area contributed by atoms with Gasteiger partial charge in [-0.3, -0.25) is 8.98 Å². The van der Waals surface area contributed by atoms with E-state index in [9.17, 15) is 18.0 Å². The van der Waals surface area contributed by atoms with Crippen LogP contribution in [0.3, 0.4) is 0 Å². The summed E-state index contributed by atoms with van der Waals surface area (Å²) < 4.78 is 43.6. The van der Waals surface area contributed by atoms with E-state index in [2.05, 4.69) is 11.3 Å². The summed E-state index contributed by atoms with van der Waals surface area (Å²) in [4.78, 5) is 22.6. The first-order chi connectivity index (χ1) is 10.4. The molecule has 2 aliphatic rings. The van der Waals surface area contributed by atoms with E-state index in [1.165, 1.54) is 7.11 Å². The van der Waals surface area contributed by atoms with Crippen molar-refractivity contribution in [1.82, 2.24) is 0 Å². The molecular weight excluding hydrogens is 316 g/mol. The summed E-state index contributed by atoms with van der Waals surface area (Å²) in [5, 5.41) is -0.619. The van der Waals surface area contributed by atoms with Crippen molar-refractivity contribution in [3.8, 4) is 0 Å². The Hall–Kier alpha value is -1.45. The first-order valence-corrected chi connectivity index (χ1v) is 8.28. The maximum absolute atomic E-state index is 11.8. The lowest BCUT2D eigenvalue weighted by molar-refractivity contribution is -0.168. The fourth-order valence-electron chi connectivity index (χ4n) is 2.59. The Morgan fingerprint density at radius 3 is 2.73 bits per heavy atom. The molecule has 8 nitrogen and oxygen atoms in total. The predicted octanol–water partition coefficient (Wildman–Crippen LogP) is -0.0765. The van der Waals surface area contributed by atoms with Crippen LogP contribution in [0.2, 0.25) is 0 Å². The lowest BCUT2D eigenvalue weighted by Gasteiger charge is -2.32. The van der Waals surface area contributed by atoms with Gasteiger partial charge in [-0.15, -0.1) is 0 Å². The second-order valence-corrected chi connectivity index (χ2v) is 6.92. The summed E-state index contributed by atoms with van der Waals surface area (Å²) in [6, 6.07) is 0. The van der Waals surface area contributed by atoms with E-state index in [0.717, 1.165) is 6.08 Å². The van der Waals surface area contributed by atoms with Gasteiger partial charge >= 0.3 is 11.9 Å². The Balaban J connectivity index is 1.91. The van der Waals surface area contributed by atoms with Gasteiger partial charge in [0.2, 0.25) is 0 Å². The first kappa shape index (κ1) is 16.9. The summed E-state index contributed by atoms with van der Waals surface area (Å²) >= 11 is 0. The fourth-order valence-corrected chi connectivity index (χ4v) is 4.13. The van der Waals surface area contributed by atoms with Crippen LogP contribution >= 0.6 is 0 Å². The molecule has 0 N–H and O–H groups in total. The van der Waals surface area contributed by atoms with Crippen molar-refractivity contribution in [2.24, 2.45) is 0 Å². The van der Waals surface area contributed by atoms with Crippen LogP contribution in [0.15, 0.2) is 12.7 Å². The van der Waals surface area contributed by atoms with Gasteiger partial charge in [0.05, 0.1) is 17.8 Å². The molecule has 2 bridgehead atoms. The molecule has 1 saturated carbocycles. The lowest BCUT2D eigenvalue weighted by atomic mass is 9.91. The van der Waals surface area contributed by atoms with E-state index in [4.69, 9.17) is 13.7 Å². The summed E-state index contributed by atoms with van der Waals surface area (Å²) in [7, 11) is -2.19. The van der Waals surface area contributed by atoms with E-state index in [-0.39, 0.29) is 25.9 Å². The van der Waals surface area contributed by atoms with Crippen molar-refractivity contribution in [3.63, 3.8) is 0 Å². The third-order valence-electron chi connectivity index (χ3n) is 3.68. The molecule has 0 aromatic carbocycles. The average molecular weight is 334 g/mol. The number of hydrogen-bond donors (Lipinski definition) is 0. The van der Waals surface area contributed by atoms with Crippen molar-refractivity contribution >= 4 is 22.1 Å². The Bertz CT molecular complexity index is 554. The molecule has 0 spiro atoms. The third-order valence-corrected chi connectivity index (χ3v) is 5.39. The van der Waals surface area contributed by atoms with Gasteiger partial charge in [-0.1, -0.05) is 6.58 Å². The maximum Gasteiger partial charge on any atom is 0.330 e. The lowest BCUT2D eigenvalue weighted by Crippen LogP contribution is -2.46. The predicted molar refractivity (Wildman–Crippen MR) is 73.3 cm³/mol. The van der Waals surface area contributed by atoms with E-state index < -0.39 is 45.6 Å². The van der Waals surface area contributed by atoms with Gasteiger partial charge in [-0.25, -0.2) is 4.79 Å². The molecule has 1 heterocycles. The van der Waals surface area contributed by atoms with Gasteiger partial charge < -0.3 is 14.2 Å². The molecule has 1 aliphatic heterocycles. The Labute approximate surface area is 128 Å². The first-order valence-electron chi connectivity index (χ1n) is 6.81. The molecule has 2 fully saturated rings. The standard InChI is InChI=1S/C13H18O8S/c1-3-11(14)19-5-4-12(15)20-13-9(18-2)6-8-7-10(13)21-22(8,16)17/h3,8-10,13H,1,4-7H2,2H3. The highest BCUT2D eigenvalue weighted by molar-refractivity contribution is 7.87. The van der Waals surface area contributed by atoms with Crippen LogP contribution in [-0.4, -0.2) is 57.6 Å². The SMILES string of the molecule is C=CC(=O)OCCC(=O)OC1C(OC)CC2CC1OS2(=O)=O. The molecule has 4 atom stereocenters. The van der Waals surface area contributed by atoms with Gasteiger partial charge in [-0.2, -0.15) is 8.42 Å². The molecule has 4 unspecified atom stereocenters. The minimum absolute atomic E-state index is 0.138. The van der Waals surface area contributed by atoms with Crippen LogP contribution in [0, 0.1) is 0 Å². The minimum atomic E-state index is -3.62. The zero-order chi connectivity index (χ0) is 16.3. The number of methoxy groups -OCH3 is 1. The third kappa shape index (κ3) is 3.65. The number of ether oxygens (including phenoxy) is 3. The van der Waals surface area contributed by atoms with Crippen LogP contribution in [0.5, 0.6) is 0 Å². The molecule has 0 aromatic heterocycles. The van der Waals surface area contributed by atoms with E-state index in [0.29, 0.717) is 0 Å². The van der Waals surface area contributed by atoms with Crippen molar-refractivity contribution < 1.29 is 36.4 Å². The molecule has 0 aromatic rings. The highest BCUT2D eigenvalue weighted by Crippen LogP contribution is 2.38. The molecule has 22 heavy (non-hydrogen) atoms. The topological polar surface area (TPSA) is 105 Å². The zero-order valence-electron chi connectivity index (χ0n) is 12.1. The highest BCUT2D eigenvalue weighted by Gasteiger charge is 2.53. The van der Waals surface area contributed by atoms with Crippen molar-refractivity contribution in [2.45, 2.75) is 42.8 Å². The maximum atomic E-state index is 11.8. The number of hydrogen-bond acceptors (Lipinski definition) is 8. The van der Waals surface area contributed by atoms with Crippen LogP contribution < -0.4 is 0 Å².